The van der Waals surface area contributed by atoms with Gasteiger partial charge in [0.05, 0.1) is 10.6 Å². The van der Waals surface area contributed by atoms with Gasteiger partial charge in [0.1, 0.15) is 17.4 Å². The number of rotatable bonds is 2. The highest BCUT2D eigenvalue weighted by atomic mass is 32.1. The highest BCUT2D eigenvalue weighted by molar-refractivity contribution is 7.05. The van der Waals surface area contributed by atoms with Gasteiger partial charge in [0.25, 0.3) is 0 Å². The first-order valence-electron chi connectivity index (χ1n) is 5.28. The lowest BCUT2D eigenvalue weighted by Crippen LogP contribution is -2.10. The summed E-state index contributed by atoms with van der Waals surface area (Å²) in [7, 11) is 0. The summed E-state index contributed by atoms with van der Waals surface area (Å²) in [5, 5.41) is 5.03. The lowest BCUT2D eigenvalue weighted by molar-refractivity contribution is 0.526. The summed E-state index contributed by atoms with van der Waals surface area (Å²) in [5.41, 5.74) is 7.88. The average Bonchev–Trinajstić information content (AvgIpc) is 2.93. The van der Waals surface area contributed by atoms with Crippen LogP contribution in [0.4, 0.5) is 0 Å². The fourth-order valence-corrected chi connectivity index (χ4v) is 2.46. The molecule has 5 heteroatoms. The number of benzene rings is 1. The molecule has 0 spiro atoms. The van der Waals surface area contributed by atoms with E-state index in [1.165, 1.54) is 11.5 Å². The first-order chi connectivity index (χ1) is 8.25. The van der Waals surface area contributed by atoms with Crippen LogP contribution in [0.3, 0.4) is 0 Å². The van der Waals surface area contributed by atoms with Gasteiger partial charge in [-0.2, -0.15) is 0 Å². The molecule has 1 aromatic carbocycles. The molecule has 0 fully saturated rings. The van der Waals surface area contributed by atoms with E-state index in [-0.39, 0.29) is 6.04 Å². The van der Waals surface area contributed by atoms with Crippen LogP contribution in [0.2, 0.25) is 0 Å². The summed E-state index contributed by atoms with van der Waals surface area (Å²) in [6, 6.07) is 9.55. The Morgan fingerprint density at radius 3 is 2.88 bits per heavy atom. The van der Waals surface area contributed by atoms with Gasteiger partial charge in [-0.15, -0.1) is 5.10 Å². The van der Waals surface area contributed by atoms with Crippen molar-refractivity contribution < 1.29 is 4.42 Å². The van der Waals surface area contributed by atoms with Crippen molar-refractivity contribution in [3.8, 4) is 0 Å². The zero-order valence-corrected chi connectivity index (χ0v) is 10.1. The second-order valence-corrected chi connectivity index (χ2v) is 4.67. The smallest absolute Gasteiger partial charge is 0.134 e. The molecule has 0 amide bonds. The molecule has 3 aromatic rings. The Balaban J connectivity index is 2.07. The van der Waals surface area contributed by atoms with Crippen LogP contribution < -0.4 is 5.73 Å². The minimum Gasteiger partial charge on any atom is -0.459 e. The number of aromatic nitrogens is 2. The van der Waals surface area contributed by atoms with Crippen molar-refractivity contribution in [3.63, 3.8) is 0 Å². The molecule has 1 unspecified atom stereocenters. The SMILES string of the molecule is Cc1nnsc1C(N)c1cc2ccccc2o1. The van der Waals surface area contributed by atoms with E-state index in [4.69, 9.17) is 10.2 Å². The average molecular weight is 245 g/mol. The molecule has 2 heterocycles. The summed E-state index contributed by atoms with van der Waals surface area (Å²) in [5.74, 6) is 0.750. The van der Waals surface area contributed by atoms with Crippen molar-refractivity contribution in [3.05, 3.63) is 46.7 Å². The molecule has 0 saturated carbocycles. The second-order valence-electron chi connectivity index (χ2n) is 3.89. The van der Waals surface area contributed by atoms with Crippen molar-refractivity contribution >= 4 is 22.5 Å². The van der Waals surface area contributed by atoms with Crippen molar-refractivity contribution in [2.24, 2.45) is 5.73 Å². The summed E-state index contributed by atoms with van der Waals surface area (Å²) >= 11 is 1.32. The standard InChI is InChI=1S/C12H11N3OS/c1-7-12(17-15-14-7)11(13)10-6-8-4-2-3-5-9(8)16-10/h2-6,11H,13H2,1H3. The fourth-order valence-electron chi connectivity index (χ4n) is 1.81. The van der Waals surface area contributed by atoms with Crippen LogP contribution in [0, 0.1) is 6.92 Å². The monoisotopic (exact) mass is 245 g/mol. The van der Waals surface area contributed by atoms with Crippen molar-refractivity contribution in [1.29, 1.82) is 0 Å². The number of fused-ring (bicyclic) bond motifs is 1. The van der Waals surface area contributed by atoms with Crippen LogP contribution in [0.5, 0.6) is 0 Å². The van der Waals surface area contributed by atoms with E-state index in [2.05, 4.69) is 9.59 Å². The van der Waals surface area contributed by atoms with E-state index in [0.717, 1.165) is 27.3 Å². The van der Waals surface area contributed by atoms with Gasteiger partial charge in [0.15, 0.2) is 0 Å². The summed E-state index contributed by atoms with van der Waals surface area (Å²) in [6.45, 7) is 1.90. The number of hydrogen-bond acceptors (Lipinski definition) is 5. The Morgan fingerprint density at radius 2 is 2.18 bits per heavy atom. The molecule has 2 N–H and O–H groups in total. The van der Waals surface area contributed by atoms with Crippen LogP contribution in [0.1, 0.15) is 22.4 Å². The topological polar surface area (TPSA) is 64.9 Å². The van der Waals surface area contributed by atoms with Gasteiger partial charge >= 0.3 is 0 Å². The normalized spacial score (nSPS) is 13.1. The molecular formula is C12H11N3OS. The van der Waals surface area contributed by atoms with Crippen molar-refractivity contribution in [2.45, 2.75) is 13.0 Å². The Hall–Kier alpha value is -1.72. The highest BCUT2D eigenvalue weighted by Gasteiger charge is 2.18. The maximum absolute atomic E-state index is 6.16. The molecule has 2 aromatic heterocycles. The summed E-state index contributed by atoms with van der Waals surface area (Å²) in [4.78, 5) is 0.948. The zero-order valence-electron chi connectivity index (χ0n) is 9.25. The van der Waals surface area contributed by atoms with E-state index < -0.39 is 0 Å². The van der Waals surface area contributed by atoms with Gasteiger partial charge in [-0.3, -0.25) is 0 Å². The van der Waals surface area contributed by atoms with Crippen molar-refractivity contribution in [2.75, 3.05) is 0 Å². The third-order valence-electron chi connectivity index (χ3n) is 2.72. The van der Waals surface area contributed by atoms with Gasteiger partial charge in [0, 0.05) is 5.39 Å². The first-order valence-corrected chi connectivity index (χ1v) is 6.06. The Morgan fingerprint density at radius 1 is 1.35 bits per heavy atom. The van der Waals surface area contributed by atoms with Gasteiger partial charge in [0.2, 0.25) is 0 Å². The van der Waals surface area contributed by atoms with Crippen LogP contribution in [-0.2, 0) is 0 Å². The predicted octanol–water partition coefficient (Wildman–Crippen LogP) is 2.64. The lowest BCUT2D eigenvalue weighted by atomic mass is 10.1. The van der Waals surface area contributed by atoms with Crippen LogP contribution in [0.15, 0.2) is 34.7 Å². The maximum Gasteiger partial charge on any atom is 0.134 e. The van der Waals surface area contributed by atoms with E-state index in [1.54, 1.807) is 0 Å². The molecule has 4 nitrogen and oxygen atoms in total. The quantitative estimate of drug-likeness (QED) is 0.753. The molecular weight excluding hydrogens is 234 g/mol. The Kier molecular flexibility index (Phi) is 2.42. The largest absolute Gasteiger partial charge is 0.459 e. The number of nitrogens with zero attached hydrogens (tertiary/aromatic N) is 2. The van der Waals surface area contributed by atoms with Gasteiger partial charge in [-0.1, -0.05) is 22.7 Å². The second kappa shape index (κ2) is 3.94. The Labute approximate surface area is 102 Å². The third kappa shape index (κ3) is 1.73. The zero-order chi connectivity index (χ0) is 11.8. The number of aryl methyl sites for hydroxylation is 1. The lowest BCUT2D eigenvalue weighted by Gasteiger charge is -2.04. The minimum atomic E-state index is -0.289. The van der Waals surface area contributed by atoms with E-state index in [1.807, 2.05) is 37.3 Å². The molecule has 0 radical (unpaired) electrons. The minimum absolute atomic E-state index is 0.289. The molecule has 0 aliphatic carbocycles. The highest BCUT2D eigenvalue weighted by Crippen LogP contribution is 2.29. The fraction of sp³-hybridized carbons (Fsp3) is 0.167. The van der Waals surface area contributed by atoms with Crippen LogP contribution >= 0.6 is 11.5 Å². The van der Waals surface area contributed by atoms with Crippen molar-refractivity contribution in [1.82, 2.24) is 9.59 Å². The summed E-state index contributed by atoms with van der Waals surface area (Å²) in [6.07, 6.45) is 0. The third-order valence-corrected chi connectivity index (χ3v) is 3.63. The number of furan rings is 1. The predicted molar refractivity (Wildman–Crippen MR) is 66.9 cm³/mol. The maximum atomic E-state index is 6.16. The molecule has 0 saturated heterocycles. The van der Waals surface area contributed by atoms with Gasteiger partial charge < -0.3 is 10.2 Å². The number of hydrogen-bond donors (Lipinski definition) is 1. The van der Waals surface area contributed by atoms with E-state index in [0.29, 0.717) is 0 Å². The van der Waals surface area contributed by atoms with Gasteiger partial charge in [-0.05, 0) is 30.6 Å². The molecule has 3 rings (SSSR count). The molecule has 86 valence electrons. The molecule has 0 aliphatic rings. The van der Waals surface area contributed by atoms with Crippen LogP contribution in [-0.4, -0.2) is 9.59 Å². The van der Waals surface area contributed by atoms with E-state index in [9.17, 15) is 0 Å². The number of nitrogens with two attached hydrogens (primary N) is 1. The molecule has 0 bridgehead atoms. The van der Waals surface area contributed by atoms with Gasteiger partial charge in [-0.25, -0.2) is 0 Å². The first kappa shape index (κ1) is 10.4. The van der Waals surface area contributed by atoms with Crippen LogP contribution in [0.25, 0.3) is 11.0 Å². The van der Waals surface area contributed by atoms with E-state index >= 15 is 0 Å². The molecule has 0 aliphatic heterocycles. The Bertz CT molecular complexity index is 625. The molecule has 1 atom stereocenters. The summed E-state index contributed by atoms with van der Waals surface area (Å²) < 4.78 is 9.63. The number of para-hydroxylation sites is 1. The molecule has 17 heavy (non-hydrogen) atoms.